The lowest BCUT2D eigenvalue weighted by molar-refractivity contribution is 0.0946. The molecule has 2 rings (SSSR count). The molecule has 2 aromatic rings. The number of nitrogens with zero attached hydrogens (tertiary/aromatic N) is 2. The summed E-state index contributed by atoms with van der Waals surface area (Å²) in [5.41, 5.74) is 1.23. The van der Waals surface area contributed by atoms with Crippen LogP contribution in [0.25, 0.3) is 0 Å². The smallest absolute Gasteiger partial charge is 0.270 e. The number of aromatic nitrogens is 2. The monoisotopic (exact) mass is 330 g/mol. The van der Waals surface area contributed by atoms with Gasteiger partial charge in [-0.2, -0.15) is 0 Å². The van der Waals surface area contributed by atoms with Gasteiger partial charge in [0, 0.05) is 19.3 Å². The van der Waals surface area contributed by atoms with Crippen LogP contribution in [0.5, 0.6) is 11.5 Å². The summed E-state index contributed by atoms with van der Waals surface area (Å²) in [7, 11) is 3.16. The van der Waals surface area contributed by atoms with Crippen molar-refractivity contribution in [2.24, 2.45) is 0 Å². The molecule has 0 bridgehead atoms. The van der Waals surface area contributed by atoms with E-state index in [1.807, 2.05) is 19.1 Å². The molecule has 7 nitrogen and oxygen atoms in total. The predicted molar refractivity (Wildman–Crippen MR) is 91.5 cm³/mol. The van der Waals surface area contributed by atoms with Crippen molar-refractivity contribution in [3.8, 4) is 11.5 Å². The Bertz CT molecular complexity index is 691. The summed E-state index contributed by atoms with van der Waals surface area (Å²) >= 11 is 0. The van der Waals surface area contributed by atoms with Crippen LogP contribution in [0.4, 0.5) is 5.95 Å². The third-order valence-electron chi connectivity index (χ3n) is 3.32. The lowest BCUT2D eigenvalue weighted by atomic mass is 10.2. The molecule has 0 aliphatic carbocycles. The van der Waals surface area contributed by atoms with Gasteiger partial charge in [-0.15, -0.1) is 0 Å². The molecule has 0 spiro atoms. The van der Waals surface area contributed by atoms with Crippen LogP contribution in [-0.4, -0.2) is 36.6 Å². The van der Waals surface area contributed by atoms with Gasteiger partial charge in [0.25, 0.3) is 5.91 Å². The molecule has 0 unspecified atom stereocenters. The molecule has 1 aromatic carbocycles. The van der Waals surface area contributed by atoms with Crippen LogP contribution in [0.15, 0.2) is 30.5 Å². The highest BCUT2D eigenvalue weighted by Gasteiger charge is 2.10. The molecule has 24 heavy (non-hydrogen) atoms. The van der Waals surface area contributed by atoms with Crippen molar-refractivity contribution in [3.63, 3.8) is 0 Å². The second kappa shape index (κ2) is 8.71. The maximum Gasteiger partial charge on any atom is 0.270 e. The third-order valence-corrected chi connectivity index (χ3v) is 3.32. The summed E-state index contributed by atoms with van der Waals surface area (Å²) in [6, 6.07) is 7.09. The summed E-state index contributed by atoms with van der Waals surface area (Å²) in [6.45, 7) is 3.17. The first kappa shape index (κ1) is 17.5. The Morgan fingerprint density at radius 3 is 2.67 bits per heavy atom. The van der Waals surface area contributed by atoms with Crippen LogP contribution in [0.3, 0.4) is 0 Å². The molecule has 128 valence electrons. The molecular formula is C17H22N4O3. The number of carbonyl (C=O) groups is 1. The zero-order valence-corrected chi connectivity index (χ0v) is 14.1. The van der Waals surface area contributed by atoms with Gasteiger partial charge in [-0.1, -0.05) is 13.0 Å². The fourth-order valence-electron chi connectivity index (χ4n) is 2.07. The van der Waals surface area contributed by atoms with E-state index in [0.29, 0.717) is 29.7 Å². The molecule has 2 N–H and O–H groups in total. The average Bonchev–Trinajstić information content (AvgIpc) is 2.64. The first-order valence-electron chi connectivity index (χ1n) is 7.74. The molecule has 0 radical (unpaired) electrons. The topological polar surface area (TPSA) is 85.4 Å². The molecule has 0 aliphatic rings. The molecule has 0 saturated carbocycles. The number of nitrogens with one attached hydrogen (secondary N) is 2. The number of carbonyl (C=O) groups excluding carboxylic acids is 1. The number of hydrogen-bond acceptors (Lipinski definition) is 6. The van der Waals surface area contributed by atoms with Crippen molar-refractivity contribution in [2.75, 3.05) is 26.1 Å². The fraction of sp³-hybridized carbons (Fsp3) is 0.353. The summed E-state index contributed by atoms with van der Waals surface area (Å²) in [4.78, 5) is 20.5. The normalized spacial score (nSPS) is 10.1. The number of benzene rings is 1. The average molecular weight is 330 g/mol. The van der Waals surface area contributed by atoms with Crippen molar-refractivity contribution in [3.05, 3.63) is 41.7 Å². The Morgan fingerprint density at radius 1 is 1.17 bits per heavy atom. The summed E-state index contributed by atoms with van der Waals surface area (Å²) in [5, 5.41) is 5.89. The molecule has 0 atom stereocenters. The van der Waals surface area contributed by atoms with Crippen molar-refractivity contribution in [1.82, 2.24) is 15.3 Å². The Balaban J connectivity index is 2.00. The maximum atomic E-state index is 12.2. The van der Waals surface area contributed by atoms with Gasteiger partial charge in [-0.25, -0.2) is 9.97 Å². The van der Waals surface area contributed by atoms with Gasteiger partial charge in [0.15, 0.2) is 11.5 Å². The van der Waals surface area contributed by atoms with Crippen LogP contribution < -0.4 is 20.1 Å². The highest BCUT2D eigenvalue weighted by molar-refractivity contribution is 5.92. The summed E-state index contributed by atoms with van der Waals surface area (Å²) in [5.74, 6) is 1.47. The van der Waals surface area contributed by atoms with E-state index in [2.05, 4.69) is 20.6 Å². The Kier molecular flexibility index (Phi) is 6.36. The molecule has 0 aliphatic heterocycles. The first-order chi connectivity index (χ1) is 11.7. The number of rotatable bonds is 8. The van der Waals surface area contributed by atoms with Crippen LogP contribution >= 0.6 is 0 Å². The van der Waals surface area contributed by atoms with Crippen LogP contribution in [0.1, 0.15) is 29.4 Å². The first-order valence-corrected chi connectivity index (χ1v) is 7.74. The van der Waals surface area contributed by atoms with Crippen molar-refractivity contribution in [1.29, 1.82) is 0 Å². The highest BCUT2D eigenvalue weighted by atomic mass is 16.5. The van der Waals surface area contributed by atoms with E-state index in [-0.39, 0.29) is 5.91 Å². The van der Waals surface area contributed by atoms with Gasteiger partial charge in [0.05, 0.1) is 14.2 Å². The lowest BCUT2D eigenvalue weighted by Crippen LogP contribution is -2.24. The maximum absolute atomic E-state index is 12.2. The Labute approximate surface area is 141 Å². The van der Waals surface area contributed by atoms with Crippen molar-refractivity contribution in [2.45, 2.75) is 19.9 Å². The minimum atomic E-state index is -0.258. The minimum Gasteiger partial charge on any atom is -0.493 e. The number of amides is 1. The summed E-state index contributed by atoms with van der Waals surface area (Å²) in [6.07, 6.45) is 2.52. The molecular weight excluding hydrogens is 308 g/mol. The van der Waals surface area contributed by atoms with E-state index in [1.165, 1.54) is 0 Å². The van der Waals surface area contributed by atoms with Gasteiger partial charge in [0.1, 0.15) is 5.69 Å². The van der Waals surface area contributed by atoms with E-state index in [0.717, 1.165) is 18.5 Å². The zero-order chi connectivity index (χ0) is 17.4. The quantitative estimate of drug-likeness (QED) is 0.772. The standard InChI is InChI=1S/C17H22N4O3/c1-4-8-18-17-19-9-7-13(21-17)16(22)20-11-12-5-6-14(23-2)15(10-12)24-3/h5-7,9-10H,4,8,11H2,1-3H3,(H,20,22)(H,18,19,21). The van der Waals surface area contributed by atoms with Crippen LogP contribution in [0.2, 0.25) is 0 Å². The number of anilines is 1. The minimum absolute atomic E-state index is 0.258. The molecule has 1 aromatic heterocycles. The van der Waals surface area contributed by atoms with Gasteiger partial charge in [0.2, 0.25) is 5.95 Å². The van der Waals surface area contributed by atoms with Gasteiger partial charge < -0.3 is 20.1 Å². The van der Waals surface area contributed by atoms with E-state index < -0.39 is 0 Å². The van der Waals surface area contributed by atoms with Crippen LogP contribution in [-0.2, 0) is 6.54 Å². The summed E-state index contributed by atoms with van der Waals surface area (Å²) < 4.78 is 10.5. The lowest BCUT2D eigenvalue weighted by Gasteiger charge is -2.10. The van der Waals surface area contributed by atoms with E-state index in [9.17, 15) is 4.79 Å². The van der Waals surface area contributed by atoms with Gasteiger partial charge in [-0.05, 0) is 30.2 Å². The van der Waals surface area contributed by atoms with Crippen LogP contribution in [0, 0.1) is 0 Å². The van der Waals surface area contributed by atoms with Gasteiger partial charge in [-0.3, -0.25) is 4.79 Å². The Hall–Kier alpha value is -2.83. The molecule has 0 fully saturated rings. The third kappa shape index (κ3) is 4.58. The number of ether oxygens (including phenoxy) is 2. The second-order valence-corrected chi connectivity index (χ2v) is 5.06. The van der Waals surface area contributed by atoms with Crippen molar-refractivity contribution >= 4 is 11.9 Å². The SMILES string of the molecule is CCCNc1nccc(C(=O)NCc2ccc(OC)c(OC)c2)n1. The van der Waals surface area contributed by atoms with E-state index in [4.69, 9.17) is 9.47 Å². The number of methoxy groups -OCH3 is 2. The molecule has 7 heteroatoms. The zero-order valence-electron chi connectivity index (χ0n) is 14.1. The molecule has 1 amide bonds. The van der Waals surface area contributed by atoms with E-state index in [1.54, 1.807) is 32.5 Å². The predicted octanol–water partition coefficient (Wildman–Crippen LogP) is 2.25. The fourth-order valence-corrected chi connectivity index (χ4v) is 2.07. The Morgan fingerprint density at radius 2 is 1.96 bits per heavy atom. The highest BCUT2D eigenvalue weighted by Crippen LogP contribution is 2.27. The number of hydrogen-bond donors (Lipinski definition) is 2. The molecule has 0 saturated heterocycles. The van der Waals surface area contributed by atoms with Gasteiger partial charge >= 0.3 is 0 Å². The van der Waals surface area contributed by atoms with E-state index >= 15 is 0 Å². The molecule has 1 heterocycles. The van der Waals surface area contributed by atoms with Crippen molar-refractivity contribution < 1.29 is 14.3 Å². The second-order valence-electron chi connectivity index (χ2n) is 5.06. The largest absolute Gasteiger partial charge is 0.493 e.